The Kier molecular flexibility index (Phi) is 5.88. The number of aliphatic carboxylic acids is 1. The molecule has 0 rings (SSSR count). The molecule has 5 heteroatoms. The lowest BCUT2D eigenvalue weighted by Gasteiger charge is -2.39. The van der Waals surface area contributed by atoms with Crippen LogP contribution in [0.5, 0.6) is 0 Å². The number of urea groups is 1. The Morgan fingerprint density at radius 2 is 1.84 bits per heavy atom. The van der Waals surface area contributed by atoms with Gasteiger partial charge in [-0.15, -0.1) is 12.3 Å². The number of nitrogens with one attached hydrogen (secondary N) is 2. The average molecular weight is 268 g/mol. The quantitative estimate of drug-likeness (QED) is 0.644. The molecule has 0 fully saturated rings. The van der Waals surface area contributed by atoms with E-state index in [0.717, 1.165) is 6.42 Å². The number of carboxylic acid groups (broad SMARTS) is 1. The number of terminal acetylenes is 1. The Hall–Kier alpha value is -1.70. The van der Waals surface area contributed by atoms with E-state index in [0.29, 0.717) is 6.42 Å². The van der Waals surface area contributed by atoms with Crippen molar-refractivity contribution < 1.29 is 14.7 Å². The number of carboxylic acids is 1. The normalized spacial score (nSPS) is 13.3. The highest BCUT2D eigenvalue weighted by molar-refractivity contribution is 5.79. The fourth-order valence-electron chi connectivity index (χ4n) is 1.37. The summed E-state index contributed by atoms with van der Waals surface area (Å²) in [4.78, 5) is 23.1. The number of hydrogen-bond acceptors (Lipinski definition) is 2. The summed E-state index contributed by atoms with van der Waals surface area (Å²) >= 11 is 0. The van der Waals surface area contributed by atoms with Crippen LogP contribution in [0.1, 0.15) is 47.5 Å². The zero-order valence-electron chi connectivity index (χ0n) is 12.3. The highest BCUT2D eigenvalue weighted by atomic mass is 16.4. The number of amides is 2. The molecule has 0 radical (unpaired) electrons. The summed E-state index contributed by atoms with van der Waals surface area (Å²) in [5.74, 6) is 1.53. The van der Waals surface area contributed by atoms with Gasteiger partial charge in [-0.2, -0.15) is 0 Å². The van der Waals surface area contributed by atoms with Crippen LogP contribution in [-0.2, 0) is 4.79 Å². The first-order valence-corrected chi connectivity index (χ1v) is 6.34. The summed E-state index contributed by atoms with van der Waals surface area (Å²) in [6.07, 6.45) is 6.39. The van der Waals surface area contributed by atoms with Gasteiger partial charge in [0.2, 0.25) is 0 Å². The van der Waals surface area contributed by atoms with Crippen LogP contribution in [0.25, 0.3) is 0 Å². The second kappa shape index (κ2) is 6.46. The lowest BCUT2D eigenvalue weighted by atomic mass is 9.74. The van der Waals surface area contributed by atoms with Gasteiger partial charge in [-0.05, 0) is 34.1 Å². The monoisotopic (exact) mass is 268 g/mol. The molecule has 0 aromatic heterocycles. The van der Waals surface area contributed by atoms with Crippen LogP contribution in [-0.4, -0.2) is 28.7 Å². The molecule has 0 aromatic rings. The van der Waals surface area contributed by atoms with Crippen LogP contribution in [0, 0.1) is 17.8 Å². The van der Waals surface area contributed by atoms with Gasteiger partial charge in [-0.25, -0.2) is 4.79 Å². The molecule has 0 aromatic carbocycles. The van der Waals surface area contributed by atoms with Gasteiger partial charge in [0, 0.05) is 12.5 Å². The first-order valence-electron chi connectivity index (χ1n) is 6.34. The third-order valence-electron chi connectivity index (χ3n) is 3.72. The van der Waals surface area contributed by atoms with Gasteiger partial charge in [0.25, 0.3) is 0 Å². The third-order valence-corrected chi connectivity index (χ3v) is 3.72. The number of carbonyl (C=O) groups is 2. The predicted octanol–water partition coefficient (Wildman–Crippen LogP) is 1.98. The molecule has 0 aliphatic heterocycles. The summed E-state index contributed by atoms with van der Waals surface area (Å²) in [7, 11) is 0. The summed E-state index contributed by atoms with van der Waals surface area (Å²) < 4.78 is 0. The predicted molar refractivity (Wildman–Crippen MR) is 74.7 cm³/mol. The number of carbonyl (C=O) groups excluding carboxylic acids is 1. The molecule has 0 spiro atoms. The molecule has 108 valence electrons. The molecule has 5 nitrogen and oxygen atoms in total. The minimum Gasteiger partial charge on any atom is -0.481 e. The molecular formula is C14H24N2O3. The van der Waals surface area contributed by atoms with E-state index in [2.05, 4.69) is 16.6 Å². The third kappa shape index (κ3) is 4.47. The Morgan fingerprint density at radius 1 is 1.32 bits per heavy atom. The summed E-state index contributed by atoms with van der Waals surface area (Å²) in [6.45, 7) is 8.45. The van der Waals surface area contributed by atoms with Crippen molar-refractivity contribution in [2.24, 2.45) is 5.41 Å². The lowest BCUT2D eigenvalue weighted by molar-refractivity contribution is -0.150. The highest BCUT2D eigenvalue weighted by Gasteiger charge is 2.44. The average Bonchev–Trinajstić information content (AvgIpc) is 2.27. The van der Waals surface area contributed by atoms with Gasteiger partial charge < -0.3 is 15.7 Å². The zero-order valence-corrected chi connectivity index (χ0v) is 12.3. The van der Waals surface area contributed by atoms with Crippen LogP contribution in [0.4, 0.5) is 4.79 Å². The van der Waals surface area contributed by atoms with E-state index in [1.54, 1.807) is 27.7 Å². The molecule has 1 unspecified atom stereocenters. The summed E-state index contributed by atoms with van der Waals surface area (Å²) in [5.41, 5.74) is -1.98. The van der Waals surface area contributed by atoms with E-state index in [1.165, 1.54) is 0 Å². The van der Waals surface area contributed by atoms with E-state index in [9.17, 15) is 14.7 Å². The van der Waals surface area contributed by atoms with Gasteiger partial charge in [0.05, 0.1) is 11.0 Å². The second-order valence-electron chi connectivity index (χ2n) is 5.67. The fourth-order valence-corrected chi connectivity index (χ4v) is 1.37. The maximum absolute atomic E-state index is 11.9. The molecule has 0 saturated carbocycles. The second-order valence-corrected chi connectivity index (χ2v) is 5.67. The van der Waals surface area contributed by atoms with Gasteiger partial charge in [0.15, 0.2) is 0 Å². The van der Waals surface area contributed by atoms with Crippen molar-refractivity contribution in [2.45, 2.75) is 59.0 Å². The first kappa shape index (κ1) is 17.3. The van der Waals surface area contributed by atoms with Gasteiger partial charge in [0.1, 0.15) is 0 Å². The van der Waals surface area contributed by atoms with Crippen molar-refractivity contribution in [1.29, 1.82) is 0 Å². The molecule has 1 atom stereocenters. The van der Waals surface area contributed by atoms with Crippen molar-refractivity contribution in [3.05, 3.63) is 0 Å². The van der Waals surface area contributed by atoms with E-state index < -0.39 is 23.0 Å². The molecule has 2 amide bonds. The summed E-state index contributed by atoms with van der Waals surface area (Å²) in [5, 5.41) is 14.7. The van der Waals surface area contributed by atoms with E-state index >= 15 is 0 Å². The van der Waals surface area contributed by atoms with Crippen molar-refractivity contribution in [1.82, 2.24) is 10.6 Å². The lowest BCUT2D eigenvalue weighted by Crippen LogP contribution is -2.59. The van der Waals surface area contributed by atoms with Gasteiger partial charge >= 0.3 is 12.0 Å². The van der Waals surface area contributed by atoms with Crippen molar-refractivity contribution in [2.75, 3.05) is 0 Å². The largest absolute Gasteiger partial charge is 0.481 e. The van der Waals surface area contributed by atoms with Crippen LogP contribution in [0.15, 0.2) is 0 Å². The molecule has 0 saturated heterocycles. The van der Waals surface area contributed by atoms with E-state index in [1.807, 2.05) is 6.92 Å². The Bertz CT molecular complexity index is 381. The summed E-state index contributed by atoms with van der Waals surface area (Å²) in [6, 6.07) is -0.504. The zero-order chi connectivity index (χ0) is 15.3. The molecular weight excluding hydrogens is 244 g/mol. The molecule has 19 heavy (non-hydrogen) atoms. The van der Waals surface area contributed by atoms with Crippen molar-refractivity contribution in [3.63, 3.8) is 0 Å². The highest BCUT2D eigenvalue weighted by Crippen LogP contribution is 2.30. The Labute approximate surface area is 115 Å². The first-order chi connectivity index (χ1) is 8.58. The Morgan fingerprint density at radius 3 is 2.21 bits per heavy atom. The smallest absolute Gasteiger partial charge is 0.315 e. The number of rotatable bonds is 6. The van der Waals surface area contributed by atoms with Crippen molar-refractivity contribution >= 4 is 12.0 Å². The minimum absolute atomic E-state index is 0.103. The van der Waals surface area contributed by atoms with Crippen LogP contribution in [0.2, 0.25) is 0 Å². The molecule has 3 N–H and O–H groups in total. The van der Waals surface area contributed by atoms with Crippen LogP contribution < -0.4 is 10.6 Å². The standard InChI is InChI=1S/C14H24N2O3/c1-7-9-10(8-2)15-12(19)16-14(5,6)13(3,4)11(17)18/h1,10H,8-9H2,2-6H3,(H,17,18)(H2,15,16,19). The van der Waals surface area contributed by atoms with E-state index in [-0.39, 0.29) is 6.04 Å². The minimum atomic E-state index is -1.09. The fraction of sp³-hybridized carbons (Fsp3) is 0.714. The molecule has 0 heterocycles. The topological polar surface area (TPSA) is 78.4 Å². The van der Waals surface area contributed by atoms with Gasteiger partial charge in [-0.3, -0.25) is 4.79 Å². The Balaban J connectivity index is 4.72. The maximum Gasteiger partial charge on any atom is 0.315 e. The number of hydrogen-bond donors (Lipinski definition) is 3. The van der Waals surface area contributed by atoms with Crippen LogP contribution >= 0.6 is 0 Å². The molecule has 0 aliphatic rings. The SMILES string of the molecule is C#CCC(CC)NC(=O)NC(C)(C)C(C)(C)C(=O)O. The molecule has 0 bridgehead atoms. The molecule has 0 aliphatic carbocycles. The van der Waals surface area contributed by atoms with Gasteiger partial charge in [-0.1, -0.05) is 6.92 Å². The maximum atomic E-state index is 11.9. The van der Waals surface area contributed by atoms with Crippen molar-refractivity contribution in [3.8, 4) is 12.3 Å². The van der Waals surface area contributed by atoms with Crippen LogP contribution in [0.3, 0.4) is 0 Å². The van der Waals surface area contributed by atoms with E-state index in [4.69, 9.17) is 6.42 Å².